The molecule has 4 rings (SSSR count). The summed E-state index contributed by atoms with van der Waals surface area (Å²) in [7, 11) is 0. The number of benzene rings is 2. The van der Waals surface area contributed by atoms with Crippen LogP contribution in [0.1, 0.15) is 27.2 Å². The summed E-state index contributed by atoms with van der Waals surface area (Å²) in [4.78, 5) is 14.1. The summed E-state index contributed by atoms with van der Waals surface area (Å²) in [6.45, 7) is 0.441. The molecule has 1 unspecified atom stereocenters. The van der Waals surface area contributed by atoms with E-state index in [2.05, 4.69) is 17.4 Å². The Bertz CT molecular complexity index is 1050. The van der Waals surface area contributed by atoms with Crippen LogP contribution in [-0.2, 0) is 17.8 Å². The lowest BCUT2D eigenvalue weighted by atomic mass is 10.0. The van der Waals surface area contributed by atoms with Crippen LogP contribution in [0.5, 0.6) is 0 Å². The van der Waals surface area contributed by atoms with Crippen LogP contribution < -0.4 is 5.32 Å². The Kier molecular flexibility index (Phi) is 5.89. The molecule has 4 nitrogen and oxygen atoms in total. The molecule has 0 aliphatic rings. The predicted molar refractivity (Wildman–Crippen MR) is 115 cm³/mol. The first kappa shape index (κ1) is 19.2. The molecule has 1 amide bonds. The van der Waals surface area contributed by atoms with Crippen LogP contribution in [0.4, 0.5) is 0 Å². The summed E-state index contributed by atoms with van der Waals surface area (Å²) in [6, 6.07) is 25.5. The number of carbonyl (C=O) groups excluding carboxylic acids is 1. The number of furan rings is 1. The summed E-state index contributed by atoms with van der Waals surface area (Å²) in [5, 5.41) is 13.2. The number of hydrogen-bond donors (Lipinski definition) is 2. The summed E-state index contributed by atoms with van der Waals surface area (Å²) in [6.07, 6.45) is 1.10. The van der Waals surface area contributed by atoms with Crippen molar-refractivity contribution in [1.29, 1.82) is 0 Å². The summed E-state index contributed by atoms with van der Waals surface area (Å²) in [5.74, 6) is 0.486. The molecule has 1 atom stereocenters. The number of amides is 1. The van der Waals surface area contributed by atoms with Gasteiger partial charge in [-0.3, -0.25) is 4.79 Å². The van der Waals surface area contributed by atoms with Crippen LogP contribution in [0, 0.1) is 0 Å². The Hall–Kier alpha value is -3.15. The first-order valence-electron chi connectivity index (χ1n) is 9.40. The zero-order valence-electron chi connectivity index (χ0n) is 15.7. The lowest BCUT2D eigenvalue weighted by Crippen LogP contribution is -2.24. The van der Waals surface area contributed by atoms with Gasteiger partial charge in [-0.25, -0.2) is 0 Å². The maximum atomic E-state index is 12.3. The number of thiophene rings is 1. The van der Waals surface area contributed by atoms with E-state index in [1.165, 1.54) is 11.3 Å². The average Bonchev–Trinajstić information content (AvgIpc) is 3.45. The maximum Gasteiger partial charge on any atom is 0.224 e. The molecule has 2 N–H and O–H groups in total. The summed E-state index contributed by atoms with van der Waals surface area (Å²) in [5.41, 5.74) is 3.27. The molecule has 4 aromatic rings. The van der Waals surface area contributed by atoms with E-state index >= 15 is 0 Å². The molecule has 146 valence electrons. The van der Waals surface area contributed by atoms with Crippen molar-refractivity contribution in [3.05, 3.63) is 106 Å². The van der Waals surface area contributed by atoms with Crippen LogP contribution in [0.25, 0.3) is 11.1 Å². The highest BCUT2D eigenvalue weighted by atomic mass is 32.1. The molecular formula is C24H21NO3S. The Labute approximate surface area is 173 Å². The zero-order chi connectivity index (χ0) is 20.1. The SMILES string of the molecule is O=C(Cc1ccc(-c2ccccc2)cc1)NCc1ccc(C(O)c2ccco2)s1. The maximum absolute atomic E-state index is 12.3. The highest BCUT2D eigenvalue weighted by molar-refractivity contribution is 7.12. The van der Waals surface area contributed by atoms with Gasteiger partial charge < -0.3 is 14.8 Å². The number of aliphatic hydroxyl groups is 1. The molecule has 0 spiro atoms. The molecule has 2 heterocycles. The Balaban J connectivity index is 1.30. The lowest BCUT2D eigenvalue weighted by molar-refractivity contribution is -0.120. The van der Waals surface area contributed by atoms with Crippen molar-refractivity contribution >= 4 is 17.2 Å². The quantitative estimate of drug-likeness (QED) is 0.459. The largest absolute Gasteiger partial charge is 0.466 e. The topological polar surface area (TPSA) is 62.5 Å². The molecule has 5 heteroatoms. The van der Waals surface area contributed by atoms with Crippen LogP contribution >= 0.6 is 11.3 Å². The van der Waals surface area contributed by atoms with Crippen molar-refractivity contribution in [3.63, 3.8) is 0 Å². The molecule has 0 radical (unpaired) electrons. The second kappa shape index (κ2) is 8.90. The number of rotatable bonds is 7. The van der Waals surface area contributed by atoms with Gasteiger partial charge in [-0.15, -0.1) is 11.3 Å². The molecule has 0 saturated carbocycles. The van der Waals surface area contributed by atoms with E-state index in [1.807, 2.05) is 54.6 Å². The van der Waals surface area contributed by atoms with E-state index in [0.717, 1.165) is 26.4 Å². The fourth-order valence-electron chi connectivity index (χ4n) is 3.10. The monoisotopic (exact) mass is 403 g/mol. The normalized spacial score (nSPS) is 11.9. The van der Waals surface area contributed by atoms with E-state index in [0.29, 0.717) is 18.7 Å². The van der Waals surface area contributed by atoms with Gasteiger partial charge in [0, 0.05) is 9.75 Å². The van der Waals surface area contributed by atoms with Gasteiger partial charge in [0.25, 0.3) is 0 Å². The van der Waals surface area contributed by atoms with Crippen molar-refractivity contribution in [3.8, 4) is 11.1 Å². The summed E-state index contributed by atoms with van der Waals surface area (Å²) < 4.78 is 5.25. The predicted octanol–water partition coefficient (Wildman–Crippen LogP) is 4.95. The van der Waals surface area contributed by atoms with Gasteiger partial charge in [0.05, 0.1) is 19.2 Å². The number of carbonyl (C=O) groups is 1. The van der Waals surface area contributed by atoms with Gasteiger partial charge in [0.1, 0.15) is 11.9 Å². The number of aliphatic hydroxyl groups excluding tert-OH is 1. The fourth-order valence-corrected chi connectivity index (χ4v) is 4.05. The van der Waals surface area contributed by atoms with Crippen molar-refractivity contribution < 1.29 is 14.3 Å². The van der Waals surface area contributed by atoms with Crippen LogP contribution in [0.3, 0.4) is 0 Å². The minimum absolute atomic E-state index is 0.0287. The van der Waals surface area contributed by atoms with Gasteiger partial charge in [-0.05, 0) is 41.0 Å². The molecular weight excluding hydrogens is 382 g/mol. The molecule has 0 fully saturated rings. The van der Waals surface area contributed by atoms with E-state index in [-0.39, 0.29) is 5.91 Å². The molecule has 0 aliphatic carbocycles. The van der Waals surface area contributed by atoms with Crippen molar-refractivity contribution in [2.24, 2.45) is 0 Å². The third-order valence-electron chi connectivity index (χ3n) is 4.65. The minimum atomic E-state index is -0.775. The number of hydrogen-bond acceptors (Lipinski definition) is 4. The van der Waals surface area contributed by atoms with Gasteiger partial charge in [-0.1, -0.05) is 54.6 Å². The Morgan fingerprint density at radius 3 is 2.41 bits per heavy atom. The highest BCUT2D eigenvalue weighted by Gasteiger charge is 2.15. The van der Waals surface area contributed by atoms with Gasteiger partial charge in [-0.2, -0.15) is 0 Å². The zero-order valence-corrected chi connectivity index (χ0v) is 16.6. The van der Waals surface area contributed by atoms with E-state index in [1.54, 1.807) is 18.4 Å². The van der Waals surface area contributed by atoms with E-state index < -0.39 is 6.10 Å². The van der Waals surface area contributed by atoms with Crippen LogP contribution in [0.2, 0.25) is 0 Å². The molecule has 2 aromatic carbocycles. The Morgan fingerprint density at radius 1 is 0.931 bits per heavy atom. The average molecular weight is 404 g/mol. The second-order valence-corrected chi connectivity index (χ2v) is 7.94. The van der Waals surface area contributed by atoms with Gasteiger partial charge >= 0.3 is 0 Å². The Morgan fingerprint density at radius 2 is 1.69 bits per heavy atom. The van der Waals surface area contributed by atoms with Gasteiger partial charge in [0.2, 0.25) is 5.91 Å². The van der Waals surface area contributed by atoms with E-state index in [4.69, 9.17) is 4.42 Å². The highest BCUT2D eigenvalue weighted by Crippen LogP contribution is 2.28. The molecule has 2 aromatic heterocycles. The smallest absolute Gasteiger partial charge is 0.224 e. The van der Waals surface area contributed by atoms with Crippen LogP contribution in [0.15, 0.2) is 89.5 Å². The lowest BCUT2D eigenvalue weighted by Gasteiger charge is -2.06. The minimum Gasteiger partial charge on any atom is -0.466 e. The van der Waals surface area contributed by atoms with Crippen molar-refractivity contribution in [2.75, 3.05) is 0 Å². The first-order chi connectivity index (χ1) is 14.2. The third kappa shape index (κ3) is 4.83. The van der Waals surface area contributed by atoms with Gasteiger partial charge in [0.15, 0.2) is 0 Å². The molecule has 0 aliphatic heterocycles. The van der Waals surface area contributed by atoms with Crippen LogP contribution in [-0.4, -0.2) is 11.0 Å². The number of nitrogens with one attached hydrogen (secondary N) is 1. The van der Waals surface area contributed by atoms with Crippen molar-refractivity contribution in [2.45, 2.75) is 19.1 Å². The molecule has 29 heavy (non-hydrogen) atoms. The summed E-state index contributed by atoms with van der Waals surface area (Å²) >= 11 is 1.46. The fraction of sp³-hybridized carbons (Fsp3) is 0.125. The second-order valence-electron chi connectivity index (χ2n) is 6.74. The van der Waals surface area contributed by atoms with Crippen molar-refractivity contribution in [1.82, 2.24) is 5.32 Å². The third-order valence-corrected chi connectivity index (χ3v) is 5.79. The molecule has 0 saturated heterocycles. The first-order valence-corrected chi connectivity index (χ1v) is 10.2. The standard InChI is InChI=1S/C24H21NO3S/c26-23(15-17-8-10-19(11-9-17)18-5-2-1-3-6-18)25-16-20-12-13-22(29-20)24(27)21-7-4-14-28-21/h1-14,24,27H,15-16H2,(H,25,26). The van der Waals surface area contributed by atoms with E-state index in [9.17, 15) is 9.90 Å². The molecule has 0 bridgehead atoms.